The Kier molecular flexibility index (Phi) is 4.11. The number of benzene rings is 1. The lowest BCUT2D eigenvalue weighted by atomic mass is 10.3. The van der Waals surface area contributed by atoms with Gasteiger partial charge in [-0.1, -0.05) is 0 Å². The topological polar surface area (TPSA) is 55.8 Å². The molecule has 0 bridgehead atoms. The van der Waals surface area contributed by atoms with Crippen molar-refractivity contribution in [3.05, 3.63) is 30.1 Å². The molecule has 1 aromatic carbocycles. The number of rotatable bonds is 4. The standard InChI is InChI=1S/C13H14FNO4/c1-18-8-15(11-6-4-10(14)5-7-11)13(17)19-12(16)9-2-3-9/h4-7,9H,2-3,8H2,1H3. The molecule has 19 heavy (non-hydrogen) atoms. The average molecular weight is 267 g/mol. The van der Waals surface area contributed by atoms with E-state index in [9.17, 15) is 14.0 Å². The highest BCUT2D eigenvalue weighted by atomic mass is 19.1. The predicted molar refractivity (Wildman–Crippen MR) is 65.0 cm³/mol. The van der Waals surface area contributed by atoms with E-state index in [-0.39, 0.29) is 12.6 Å². The summed E-state index contributed by atoms with van der Waals surface area (Å²) in [5.41, 5.74) is 0.400. The molecule has 0 unspecified atom stereocenters. The van der Waals surface area contributed by atoms with Gasteiger partial charge in [-0.25, -0.2) is 9.18 Å². The largest absolute Gasteiger partial charge is 0.423 e. The lowest BCUT2D eigenvalue weighted by Gasteiger charge is -2.20. The minimum atomic E-state index is -0.814. The van der Waals surface area contributed by atoms with E-state index in [2.05, 4.69) is 0 Å². The van der Waals surface area contributed by atoms with E-state index in [0.29, 0.717) is 5.69 Å². The summed E-state index contributed by atoms with van der Waals surface area (Å²) in [6, 6.07) is 5.26. The fourth-order valence-corrected chi connectivity index (χ4v) is 1.53. The highest BCUT2D eigenvalue weighted by Crippen LogP contribution is 2.30. The van der Waals surface area contributed by atoms with Gasteiger partial charge in [0.25, 0.3) is 0 Å². The van der Waals surface area contributed by atoms with Crippen molar-refractivity contribution >= 4 is 17.7 Å². The normalized spacial score (nSPS) is 14.0. The molecular weight excluding hydrogens is 253 g/mol. The van der Waals surface area contributed by atoms with Crippen LogP contribution in [0.15, 0.2) is 24.3 Å². The van der Waals surface area contributed by atoms with Crippen LogP contribution in [-0.2, 0) is 14.3 Å². The summed E-state index contributed by atoms with van der Waals surface area (Å²) in [6.45, 7) is -0.0809. The van der Waals surface area contributed by atoms with Crippen molar-refractivity contribution in [1.29, 1.82) is 0 Å². The Morgan fingerprint density at radius 3 is 2.47 bits per heavy atom. The summed E-state index contributed by atoms with van der Waals surface area (Å²) in [7, 11) is 1.41. The molecule has 1 amide bonds. The molecule has 1 aliphatic rings. The molecule has 0 aliphatic heterocycles. The minimum absolute atomic E-state index is 0.0809. The fraction of sp³-hybridized carbons (Fsp3) is 0.385. The summed E-state index contributed by atoms with van der Waals surface area (Å²) < 4.78 is 22.5. The monoisotopic (exact) mass is 267 g/mol. The lowest BCUT2D eigenvalue weighted by Crippen LogP contribution is -2.35. The maximum Gasteiger partial charge on any atom is 0.423 e. The number of halogens is 1. The Bertz CT molecular complexity index is 470. The van der Waals surface area contributed by atoms with Crippen LogP contribution in [0.4, 0.5) is 14.9 Å². The van der Waals surface area contributed by atoms with Gasteiger partial charge in [0.2, 0.25) is 0 Å². The van der Waals surface area contributed by atoms with Crippen LogP contribution in [0.2, 0.25) is 0 Å². The van der Waals surface area contributed by atoms with E-state index >= 15 is 0 Å². The Morgan fingerprint density at radius 1 is 1.32 bits per heavy atom. The molecule has 0 spiro atoms. The molecule has 0 saturated heterocycles. The zero-order chi connectivity index (χ0) is 13.8. The van der Waals surface area contributed by atoms with Crippen molar-refractivity contribution in [3.8, 4) is 0 Å². The molecule has 0 N–H and O–H groups in total. The number of nitrogens with zero attached hydrogens (tertiary/aromatic N) is 1. The molecule has 0 heterocycles. The number of esters is 1. The Hall–Kier alpha value is -1.95. The van der Waals surface area contributed by atoms with Gasteiger partial charge in [-0.3, -0.25) is 9.69 Å². The first-order valence-electron chi connectivity index (χ1n) is 5.89. The first-order chi connectivity index (χ1) is 9.11. The molecule has 6 heteroatoms. The van der Waals surface area contributed by atoms with Crippen LogP contribution in [0.5, 0.6) is 0 Å². The van der Waals surface area contributed by atoms with Gasteiger partial charge in [-0.2, -0.15) is 0 Å². The summed E-state index contributed by atoms with van der Waals surface area (Å²) in [5.74, 6) is -1.10. The molecule has 0 radical (unpaired) electrons. The molecule has 2 rings (SSSR count). The van der Waals surface area contributed by atoms with Crippen molar-refractivity contribution in [2.24, 2.45) is 5.92 Å². The second kappa shape index (κ2) is 5.79. The van der Waals surface area contributed by atoms with Crippen LogP contribution in [-0.4, -0.2) is 25.9 Å². The number of amides is 1. The summed E-state index contributed by atoms with van der Waals surface area (Å²) in [6.07, 6.45) is 0.699. The van der Waals surface area contributed by atoms with E-state index in [1.54, 1.807) is 0 Å². The first kappa shape index (κ1) is 13.5. The van der Waals surface area contributed by atoms with Crippen LogP contribution in [0, 0.1) is 11.7 Å². The van der Waals surface area contributed by atoms with Crippen molar-refractivity contribution in [2.75, 3.05) is 18.7 Å². The Labute approximate surface area is 109 Å². The summed E-state index contributed by atoms with van der Waals surface area (Å²) >= 11 is 0. The van der Waals surface area contributed by atoms with Gasteiger partial charge in [0.1, 0.15) is 12.5 Å². The molecule has 1 aliphatic carbocycles. The zero-order valence-electron chi connectivity index (χ0n) is 10.5. The number of carbonyl (C=O) groups is 2. The van der Waals surface area contributed by atoms with Crippen molar-refractivity contribution in [1.82, 2.24) is 0 Å². The highest BCUT2D eigenvalue weighted by molar-refractivity contribution is 5.95. The minimum Gasteiger partial charge on any atom is -0.376 e. The molecule has 1 aromatic rings. The van der Waals surface area contributed by atoms with Gasteiger partial charge in [-0.05, 0) is 37.1 Å². The molecule has 1 fully saturated rings. The third-order valence-electron chi connectivity index (χ3n) is 2.72. The summed E-state index contributed by atoms with van der Waals surface area (Å²) in [4.78, 5) is 24.4. The maximum absolute atomic E-state index is 12.8. The van der Waals surface area contributed by atoms with Gasteiger partial charge < -0.3 is 9.47 Å². The molecule has 1 saturated carbocycles. The molecule has 0 aromatic heterocycles. The van der Waals surface area contributed by atoms with E-state index in [0.717, 1.165) is 17.7 Å². The third-order valence-corrected chi connectivity index (χ3v) is 2.72. The maximum atomic E-state index is 12.8. The second-order valence-corrected chi connectivity index (χ2v) is 4.28. The van der Waals surface area contributed by atoms with Crippen molar-refractivity contribution < 1.29 is 23.5 Å². The molecular formula is C13H14FNO4. The van der Waals surface area contributed by atoms with E-state index in [1.807, 2.05) is 0 Å². The number of anilines is 1. The second-order valence-electron chi connectivity index (χ2n) is 4.28. The van der Waals surface area contributed by atoms with Gasteiger partial charge in [-0.15, -0.1) is 0 Å². The van der Waals surface area contributed by atoms with E-state index in [4.69, 9.17) is 9.47 Å². The average Bonchev–Trinajstić information content (AvgIpc) is 3.21. The third kappa shape index (κ3) is 3.51. The van der Waals surface area contributed by atoms with Gasteiger partial charge in [0.15, 0.2) is 0 Å². The SMILES string of the molecule is COCN(C(=O)OC(=O)C1CC1)c1ccc(F)cc1. The van der Waals surface area contributed by atoms with Crippen LogP contribution in [0.3, 0.4) is 0 Å². The predicted octanol–water partition coefficient (Wildman–Crippen LogP) is 2.31. The van der Waals surface area contributed by atoms with Crippen molar-refractivity contribution in [2.45, 2.75) is 12.8 Å². The number of hydrogen-bond acceptors (Lipinski definition) is 4. The van der Waals surface area contributed by atoms with Gasteiger partial charge >= 0.3 is 12.1 Å². The number of carbonyl (C=O) groups excluding carboxylic acids is 2. The van der Waals surface area contributed by atoms with Crippen LogP contribution in [0.1, 0.15) is 12.8 Å². The smallest absolute Gasteiger partial charge is 0.376 e. The van der Waals surface area contributed by atoms with Gasteiger partial charge in [0.05, 0.1) is 5.92 Å². The lowest BCUT2D eigenvalue weighted by molar-refractivity contribution is -0.138. The zero-order valence-corrected chi connectivity index (χ0v) is 10.5. The first-order valence-corrected chi connectivity index (χ1v) is 5.89. The Balaban J connectivity index is 2.07. The molecule has 0 atom stereocenters. The van der Waals surface area contributed by atoms with E-state index in [1.165, 1.54) is 31.4 Å². The van der Waals surface area contributed by atoms with Gasteiger partial charge in [0, 0.05) is 12.8 Å². The quantitative estimate of drug-likeness (QED) is 0.477. The van der Waals surface area contributed by atoms with Crippen LogP contribution < -0.4 is 4.90 Å². The highest BCUT2D eigenvalue weighted by Gasteiger charge is 2.34. The number of ether oxygens (including phenoxy) is 2. The van der Waals surface area contributed by atoms with Crippen LogP contribution in [0.25, 0.3) is 0 Å². The van der Waals surface area contributed by atoms with Crippen LogP contribution >= 0.6 is 0 Å². The fourth-order valence-electron chi connectivity index (χ4n) is 1.53. The Morgan fingerprint density at radius 2 is 1.95 bits per heavy atom. The summed E-state index contributed by atoms with van der Waals surface area (Å²) in [5, 5.41) is 0. The van der Waals surface area contributed by atoms with Crippen molar-refractivity contribution in [3.63, 3.8) is 0 Å². The van der Waals surface area contributed by atoms with E-state index < -0.39 is 17.9 Å². The number of hydrogen-bond donors (Lipinski definition) is 0. The number of methoxy groups -OCH3 is 1. The molecule has 5 nitrogen and oxygen atoms in total. The molecule has 102 valence electrons.